The van der Waals surface area contributed by atoms with Crippen molar-refractivity contribution in [3.63, 3.8) is 0 Å². The van der Waals surface area contributed by atoms with E-state index in [-0.39, 0.29) is 31.8 Å². The summed E-state index contributed by atoms with van der Waals surface area (Å²) in [6.45, 7) is 0.545. The quantitative estimate of drug-likeness (QED) is 0.671. The van der Waals surface area contributed by atoms with Crippen molar-refractivity contribution in [1.82, 2.24) is 4.90 Å². The molecule has 1 fully saturated rings. The summed E-state index contributed by atoms with van der Waals surface area (Å²) >= 11 is 12.7. The second kappa shape index (κ2) is 9.08. The Hall–Kier alpha value is -2.54. The van der Waals surface area contributed by atoms with Crippen LogP contribution in [0, 0.1) is 0 Å². The van der Waals surface area contributed by atoms with Gasteiger partial charge in [0, 0.05) is 30.3 Å². The van der Waals surface area contributed by atoms with E-state index in [4.69, 9.17) is 33.7 Å². The fourth-order valence-electron chi connectivity index (χ4n) is 3.43. The number of carbonyl (C=O) groups is 2. The number of nitrogens with zero attached hydrogens (tertiary/aromatic N) is 1. The molecular formula is C22H22Cl2N2O4. The van der Waals surface area contributed by atoms with Crippen LogP contribution in [0.3, 0.4) is 0 Å². The summed E-state index contributed by atoms with van der Waals surface area (Å²) in [6.07, 6.45) is 3.44. The van der Waals surface area contributed by atoms with Gasteiger partial charge in [-0.15, -0.1) is 0 Å². The van der Waals surface area contributed by atoms with Crippen molar-refractivity contribution in [1.29, 1.82) is 0 Å². The number of benzene rings is 2. The molecule has 1 heterocycles. The summed E-state index contributed by atoms with van der Waals surface area (Å²) < 4.78 is 5.45. The van der Waals surface area contributed by atoms with Crippen LogP contribution < -0.4 is 10.5 Å². The molecule has 0 atom stereocenters. The molecule has 3 rings (SSSR count). The number of hydrogen-bond donors (Lipinski definition) is 2. The van der Waals surface area contributed by atoms with Gasteiger partial charge >= 0.3 is 5.97 Å². The number of rotatable bonds is 5. The fraction of sp³-hybridized carbons (Fsp3) is 0.273. The first-order chi connectivity index (χ1) is 14.3. The molecule has 0 aromatic heterocycles. The van der Waals surface area contributed by atoms with Crippen LogP contribution in [0.1, 0.15) is 18.4 Å². The molecule has 0 spiro atoms. The third-order valence-corrected chi connectivity index (χ3v) is 6.13. The standard InChI is InChI=1S/C22H22Cl2N2O4/c1-30-18-5-3-2-4-15(18)14-6-8-17(23)20(24)16(14)7-9-19(27)26-12-10-22(25,11-13-26)21(28)29/h2-9H,10-13,25H2,1H3,(H,28,29)/b9-7+. The number of halogens is 2. The number of carboxylic acids is 1. The number of methoxy groups -OCH3 is 1. The normalized spacial score (nSPS) is 15.9. The van der Waals surface area contributed by atoms with Gasteiger partial charge in [-0.3, -0.25) is 9.59 Å². The maximum atomic E-state index is 12.7. The molecule has 8 heteroatoms. The van der Waals surface area contributed by atoms with Gasteiger partial charge in [-0.25, -0.2) is 0 Å². The molecule has 2 aromatic rings. The van der Waals surface area contributed by atoms with Gasteiger partial charge in [-0.2, -0.15) is 0 Å². The van der Waals surface area contributed by atoms with Crippen LogP contribution in [-0.2, 0) is 9.59 Å². The molecule has 1 saturated heterocycles. The number of aliphatic carboxylic acids is 1. The summed E-state index contributed by atoms with van der Waals surface area (Å²) in [5.41, 5.74) is 6.78. The molecule has 0 aliphatic carbocycles. The minimum absolute atomic E-state index is 0.201. The Morgan fingerprint density at radius 3 is 2.43 bits per heavy atom. The third-order valence-electron chi connectivity index (χ3n) is 5.32. The van der Waals surface area contributed by atoms with Gasteiger partial charge in [0.1, 0.15) is 11.3 Å². The maximum Gasteiger partial charge on any atom is 0.323 e. The number of nitrogens with two attached hydrogens (primary N) is 1. The molecule has 0 radical (unpaired) electrons. The lowest BCUT2D eigenvalue weighted by Gasteiger charge is -2.35. The van der Waals surface area contributed by atoms with Crippen LogP contribution in [0.25, 0.3) is 17.2 Å². The largest absolute Gasteiger partial charge is 0.496 e. The lowest BCUT2D eigenvalue weighted by Crippen LogP contribution is -2.56. The monoisotopic (exact) mass is 448 g/mol. The van der Waals surface area contributed by atoms with Gasteiger partial charge in [0.25, 0.3) is 0 Å². The lowest BCUT2D eigenvalue weighted by atomic mass is 9.89. The van der Waals surface area contributed by atoms with E-state index < -0.39 is 11.5 Å². The zero-order valence-corrected chi connectivity index (χ0v) is 17.9. The van der Waals surface area contributed by atoms with Crippen LogP contribution in [0.4, 0.5) is 0 Å². The summed E-state index contributed by atoms with van der Waals surface area (Å²) in [7, 11) is 1.58. The Morgan fingerprint density at radius 1 is 1.13 bits per heavy atom. The highest BCUT2D eigenvalue weighted by atomic mass is 35.5. The van der Waals surface area contributed by atoms with E-state index in [1.807, 2.05) is 30.3 Å². The highest BCUT2D eigenvalue weighted by Gasteiger charge is 2.38. The lowest BCUT2D eigenvalue weighted by molar-refractivity contribution is -0.146. The maximum absolute atomic E-state index is 12.7. The van der Waals surface area contributed by atoms with Crippen molar-refractivity contribution in [2.75, 3.05) is 20.2 Å². The van der Waals surface area contributed by atoms with Crippen LogP contribution in [0.5, 0.6) is 5.75 Å². The number of carboxylic acid groups (broad SMARTS) is 1. The molecule has 30 heavy (non-hydrogen) atoms. The number of amides is 1. The van der Waals surface area contributed by atoms with Gasteiger partial charge in [0.2, 0.25) is 5.91 Å². The van der Waals surface area contributed by atoms with E-state index in [1.165, 1.54) is 6.08 Å². The number of carbonyl (C=O) groups excluding carboxylic acids is 1. The first-order valence-corrected chi connectivity index (χ1v) is 10.1. The number of hydrogen-bond acceptors (Lipinski definition) is 4. The molecule has 1 amide bonds. The second-order valence-electron chi connectivity index (χ2n) is 7.14. The molecule has 1 aliphatic rings. The van der Waals surface area contributed by atoms with E-state index in [9.17, 15) is 14.7 Å². The SMILES string of the molecule is COc1ccccc1-c1ccc(Cl)c(Cl)c1/C=C/C(=O)N1CCC(N)(C(=O)O)CC1. The number of piperidine rings is 1. The van der Waals surface area contributed by atoms with Crippen molar-refractivity contribution < 1.29 is 19.4 Å². The smallest absolute Gasteiger partial charge is 0.323 e. The molecule has 6 nitrogen and oxygen atoms in total. The molecule has 0 bridgehead atoms. The zero-order chi connectivity index (χ0) is 21.9. The van der Waals surface area contributed by atoms with Crippen molar-refractivity contribution in [3.8, 4) is 16.9 Å². The van der Waals surface area contributed by atoms with Crippen LogP contribution in [0.15, 0.2) is 42.5 Å². The van der Waals surface area contributed by atoms with E-state index in [0.29, 0.717) is 21.4 Å². The predicted octanol–water partition coefficient (Wildman–Crippen LogP) is 4.09. The highest BCUT2D eigenvalue weighted by Crippen LogP contribution is 2.39. The summed E-state index contributed by atoms with van der Waals surface area (Å²) in [5, 5.41) is 9.93. The van der Waals surface area contributed by atoms with Gasteiger partial charge < -0.3 is 20.5 Å². The van der Waals surface area contributed by atoms with E-state index in [1.54, 1.807) is 24.2 Å². The summed E-state index contributed by atoms with van der Waals surface area (Å²) in [5.74, 6) is -0.623. The third kappa shape index (κ3) is 4.46. The molecule has 2 aromatic carbocycles. The highest BCUT2D eigenvalue weighted by molar-refractivity contribution is 6.43. The Bertz CT molecular complexity index is 999. The summed E-state index contributed by atoms with van der Waals surface area (Å²) in [4.78, 5) is 25.5. The van der Waals surface area contributed by atoms with Gasteiger partial charge in [-0.1, -0.05) is 47.5 Å². The van der Waals surface area contributed by atoms with Crippen molar-refractivity contribution in [2.24, 2.45) is 5.73 Å². The minimum atomic E-state index is -1.28. The molecule has 0 saturated carbocycles. The molecular weight excluding hydrogens is 427 g/mol. The fourth-order valence-corrected chi connectivity index (χ4v) is 3.82. The first kappa shape index (κ1) is 22.2. The Kier molecular flexibility index (Phi) is 6.71. The van der Waals surface area contributed by atoms with E-state index in [0.717, 1.165) is 11.1 Å². The molecule has 0 unspecified atom stereocenters. The summed E-state index contributed by atoms with van der Waals surface area (Å²) in [6, 6.07) is 11.0. The number of likely N-dealkylation sites (tertiary alicyclic amines) is 1. The van der Waals surface area contributed by atoms with Gasteiger partial charge in [0.05, 0.1) is 17.2 Å². The van der Waals surface area contributed by atoms with Crippen LogP contribution in [-0.4, -0.2) is 47.6 Å². The zero-order valence-electron chi connectivity index (χ0n) is 16.4. The number of ether oxygens (including phenoxy) is 1. The van der Waals surface area contributed by atoms with Gasteiger partial charge in [-0.05, 0) is 36.6 Å². The van der Waals surface area contributed by atoms with Crippen molar-refractivity contribution in [3.05, 3.63) is 58.1 Å². The van der Waals surface area contributed by atoms with Crippen molar-refractivity contribution in [2.45, 2.75) is 18.4 Å². The Morgan fingerprint density at radius 2 is 1.80 bits per heavy atom. The Balaban J connectivity index is 1.88. The van der Waals surface area contributed by atoms with Crippen molar-refractivity contribution >= 4 is 41.2 Å². The molecule has 1 aliphatic heterocycles. The van der Waals surface area contributed by atoms with E-state index in [2.05, 4.69) is 0 Å². The molecule has 158 valence electrons. The van der Waals surface area contributed by atoms with Crippen LogP contribution >= 0.6 is 23.2 Å². The van der Waals surface area contributed by atoms with E-state index >= 15 is 0 Å². The topological polar surface area (TPSA) is 92.9 Å². The predicted molar refractivity (Wildman–Crippen MR) is 118 cm³/mol. The van der Waals surface area contributed by atoms with Gasteiger partial charge in [0.15, 0.2) is 0 Å². The minimum Gasteiger partial charge on any atom is -0.496 e. The number of para-hydroxylation sites is 1. The first-order valence-electron chi connectivity index (χ1n) is 9.37. The Labute approximate surface area is 184 Å². The molecule has 3 N–H and O–H groups in total. The van der Waals surface area contributed by atoms with Crippen LogP contribution in [0.2, 0.25) is 10.0 Å². The second-order valence-corrected chi connectivity index (χ2v) is 7.93. The average Bonchev–Trinajstić information content (AvgIpc) is 2.75. The average molecular weight is 449 g/mol.